The van der Waals surface area contributed by atoms with E-state index in [0.717, 1.165) is 3.57 Å². The molecular weight excluding hydrogens is 368 g/mol. The first-order valence-corrected chi connectivity index (χ1v) is 6.62. The summed E-state index contributed by atoms with van der Waals surface area (Å²) in [7, 11) is 0. The summed E-state index contributed by atoms with van der Waals surface area (Å²) in [6, 6.07) is 4.86. The van der Waals surface area contributed by atoms with E-state index in [1.54, 1.807) is 25.1 Å². The summed E-state index contributed by atoms with van der Waals surface area (Å²) in [5.74, 6) is -0.163. The zero-order valence-corrected chi connectivity index (χ0v) is 12.6. The Balaban J connectivity index is 2.73. The van der Waals surface area contributed by atoms with Gasteiger partial charge in [0.1, 0.15) is 5.84 Å². The molecular formula is C11H13ClIN3O2. The summed E-state index contributed by atoms with van der Waals surface area (Å²) in [5, 5.41) is 14.6. The number of carbonyl (C=O) groups is 1. The lowest BCUT2D eigenvalue weighted by Gasteiger charge is -2.13. The van der Waals surface area contributed by atoms with E-state index in [0.29, 0.717) is 10.6 Å². The van der Waals surface area contributed by atoms with Gasteiger partial charge in [-0.2, -0.15) is 0 Å². The van der Waals surface area contributed by atoms with Crippen molar-refractivity contribution in [2.45, 2.75) is 19.4 Å². The number of oxime groups is 1. The number of halogens is 2. The lowest BCUT2D eigenvalue weighted by molar-refractivity contribution is 0.0940. The van der Waals surface area contributed by atoms with Gasteiger partial charge < -0.3 is 16.3 Å². The lowest BCUT2D eigenvalue weighted by atomic mass is 10.1. The number of hydrogen-bond donors (Lipinski definition) is 3. The van der Waals surface area contributed by atoms with Crippen LogP contribution in [-0.2, 0) is 0 Å². The van der Waals surface area contributed by atoms with E-state index in [-0.39, 0.29) is 24.2 Å². The number of amides is 1. The van der Waals surface area contributed by atoms with E-state index >= 15 is 0 Å². The van der Waals surface area contributed by atoms with Crippen LogP contribution in [0.15, 0.2) is 23.4 Å². The van der Waals surface area contributed by atoms with E-state index in [1.165, 1.54) is 0 Å². The summed E-state index contributed by atoms with van der Waals surface area (Å²) in [6.45, 7) is 1.77. The number of nitrogens with zero attached hydrogens (tertiary/aromatic N) is 1. The van der Waals surface area contributed by atoms with Crippen molar-refractivity contribution in [2.75, 3.05) is 0 Å². The van der Waals surface area contributed by atoms with Crippen LogP contribution in [0.4, 0.5) is 0 Å². The second kappa shape index (κ2) is 6.79. The van der Waals surface area contributed by atoms with Crippen molar-refractivity contribution in [1.82, 2.24) is 5.32 Å². The van der Waals surface area contributed by atoms with Gasteiger partial charge in [-0.15, -0.1) is 0 Å². The fourth-order valence-corrected chi connectivity index (χ4v) is 2.13. The number of carbonyl (C=O) groups excluding carboxylic acids is 1. The fraction of sp³-hybridized carbons (Fsp3) is 0.273. The van der Waals surface area contributed by atoms with Crippen molar-refractivity contribution in [1.29, 1.82) is 0 Å². The Morgan fingerprint density at radius 3 is 2.94 bits per heavy atom. The van der Waals surface area contributed by atoms with E-state index in [1.807, 2.05) is 0 Å². The van der Waals surface area contributed by atoms with Gasteiger partial charge in [-0.05, 0) is 47.7 Å². The van der Waals surface area contributed by atoms with Gasteiger partial charge in [0.15, 0.2) is 0 Å². The van der Waals surface area contributed by atoms with Crippen molar-refractivity contribution in [3.8, 4) is 0 Å². The molecule has 0 bridgehead atoms. The van der Waals surface area contributed by atoms with E-state index in [4.69, 9.17) is 22.5 Å². The third kappa shape index (κ3) is 4.34. The van der Waals surface area contributed by atoms with Crippen molar-refractivity contribution >= 4 is 45.9 Å². The molecule has 0 saturated heterocycles. The molecule has 1 aromatic rings. The van der Waals surface area contributed by atoms with Crippen LogP contribution in [0.1, 0.15) is 23.7 Å². The maximum Gasteiger partial charge on any atom is 0.252 e. The van der Waals surface area contributed by atoms with Crippen LogP contribution in [0, 0.1) is 3.57 Å². The van der Waals surface area contributed by atoms with Gasteiger partial charge in [0, 0.05) is 21.1 Å². The standard InChI is InChI=1S/C11H13ClIN3O2/c1-6(4-10(14)16-18)15-11(17)8-5-7(12)2-3-9(8)13/h2-3,5-6,18H,4H2,1H3,(H2,14,16)(H,15,17). The van der Waals surface area contributed by atoms with Crippen molar-refractivity contribution < 1.29 is 10.0 Å². The van der Waals surface area contributed by atoms with Gasteiger partial charge in [0.05, 0.1) is 5.56 Å². The first-order valence-electron chi connectivity index (χ1n) is 5.16. The van der Waals surface area contributed by atoms with Gasteiger partial charge in [0.25, 0.3) is 5.91 Å². The van der Waals surface area contributed by atoms with Crippen molar-refractivity contribution in [3.63, 3.8) is 0 Å². The Hall–Kier alpha value is -1.02. The van der Waals surface area contributed by atoms with Gasteiger partial charge in [0.2, 0.25) is 0 Å². The third-order valence-corrected chi connectivity index (χ3v) is 3.37. The molecule has 0 heterocycles. The highest BCUT2D eigenvalue weighted by Gasteiger charge is 2.14. The zero-order valence-electron chi connectivity index (χ0n) is 9.65. The highest BCUT2D eigenvalue weighted by Crippen LogP contribution is 2.18. The number of hydrogen-bond acceptors (Lipinski definition) is 3. The molecule has 0 spiro atoms. The van der Waals surface area contributed by atoms with Crippen molar-refractivity contribution in [2.24, 2.45) is 10.9 Å². The SMILES string of the molecule is CC(C/C(N)=N/O)NC(=O)c1cc(Cl)ccc1I. The smallest absolute Gasteiger partial charge is 0.252 e. The molecule has 0 radical (unpaired) electrons. The number of benzene rings is 1. The highest BCUT2D eigenvalue weighted by atomic mass is 127. The Labute approximate surface area is 124 Å². The average molecular weight is 382 g/mol. The minimum absolute atomic E-state index is 0.0728. The zero-order chi connectivity index (χ0) is 13.7. The van der Waals surface area contributed by atoms with Crippen LogP contribution in [-0.4, -0.2) is 23.0 Å². The molecule has 0 aliphatic rings. The quantitative estimate of drug-likeness (QED) is 0.246. The lowest BCUT2D eigenvalue weighted by Crippen LogP contribution is -2.36. The van der Waals surface area contributed by atoms with Crippen LogP contribution in [0.3, 0.4) is 0 Å². The maximum atomic E-state index is 12.0. The van der Waals surface area contributed by atoms with Crippen LogP contribution in [0.25, 0.3) is 0 Å². The molecule has 18 heavy (non-hydrogen) atoms. The topological polar surface area (TPSA) is 87.7 Å². The molecule has 0 saturated carbocycles. The molecule has 1 amide bonds. The Morgan fingerprint density at radius 2 is 2.33 bits per heavy atom. The van der Waals surface area contributed by atoms with E-state index in [9.17, 15) is 4.79 Å². The maximum absolute atomic E-state index is 12.0. The van der Waals surface area contributed by atoms with Gasteiger partial charge in [-0.25, -0.2) is 0 Å². The first-order chi connectivity index (χ1) is 8.43. The molecule has 98 valence electrons. The first kappa shape index (κ1) is 15.0. The van der Waals surface area contributed by atoms with Crippen LogP contribution >= 0.6 is 34.2 Å². The summed E-state index contributed by atoms with van der Waals surface area (Å²) >= 11 is 7.91. The van der Waals surface area contributed by atoms with Crippen LogP contribution in [0.2, 0.25) is 5.02 Å². The highest BCUT2D eigenvalue weighted by molar-refractivity contribution is 14.1. The molecule has 0 aliphatic carbocycles. The Morgan fingerprint density at radius 1 is 1.67 bits per heavy atom. The van der Waals surface area contributed by atoms with Gasteiger partial charge in [-0.3, -0.25) is 4.79 Å². The number of nitrogens with one attached hydrogen (secondary N) is 1. The number of amidine groups is 1. The summed E-state index contributed by atoms with van der Waals surface area (Å²) in [6.07, 6.45) is 0.277. The van der Waals surface area contributed by atoms with Crippen LogP contribution < -0.4 is 11.1 Å². The van der Waals surface area contributed by atoms with Crippen LogP contribution in [0.5, 0.6) is 0 Å². The molecule has 0 aromatic heterocycles. The van der Waals surface area contributed by atoms with E-state index < -0.39 is 0 Å². The predicted octanol–water partition coefficient (Wildman–Crippen LogP) is 2.20. The monoisotopic (exact) mass is 381 g/mol. The summed E-state index contributed by atoms with van der Waals surface area (Å²) in [4.78, 5) is 12.0. The number of rotatable bonds is 4. The number of nitrogens with two attached hydrogens (primary N) is 1. The molecule has 1 aromatic carbocycles. The minimum atomic E-state index is -0.236. The normalized spacial score (nSPS) is 13.2. The molecule has 1 rings (SSSR count). The molecule has 1 atom stereocenters. The van der Waals surface area contributed by atoms with E-state index in [2.05, 4.69) is 33.1 Å². The summed E-state index contributed by atoms with van der Waals surface area (Å²) < 4.78 is 0.811. The fourth-order valence-electron chi connectivity index (χ4n) is 1.38. The third-order valence-electron chi connectivity index (χ3n) is 2.19. The second-order valence-electron chi connectivity index (χ2n) is 3.79. The Bertz CT molecular complexity index is 479. The van der Waals surface area contributed by atoms with Gasteiger partial charge >= 0.3 is 0 Å². The predicted molar refractivity (Wildman–Crippen MR) is 79.1 cm³/mol. The molecule has 1 unspecified atom stereocenters. The molecule has 0 aliphatic heterocycles. The molecule has 4 N–H and O–H groups in total. The van der Waals surface area contributed by atoms with Crippen molar-refractivity contribution in [3.05, 3.63) is 32.4 Å². The summed E-state index contributed by atoms with van der Waals surface area (Å²) in [5.41, 5.74) is 5.88. The average Bonchev–Trinajstić information content (AvgIpc) is 2.31. The molecule has 5 nitrogen and oxygen atoms in total. The Kier molecular flexibility index (Phi) is 5.67. The molecule has 0 fully saturated rings. The minimum Gasteiger partial charge on any atom is -0.409 e. The second-order valence-corrected chi connectivity index (χ2v) is 5.39. The largest absolute Gasteiger partial charge is 0.409 e. The van der Waals surface area contributed by atoms with Gasteiger partial charge in [-0.1, -0.05) is 16.8 Å². The molecule has 7 heteroatoms.